The number of hydrogen-bond donors (Lipinski definition) is 1. The normalized spacial score (nSPS) is 11.5. The van der Waals surface area contributed by atoms with Gasteiger partial charge in [0.05, 0.1) is 12.9 Å². The van der Waals surface area contributed by atoms with E-state index in [1.165, 1.54) is 6.26 Å². The van der Waals surface area contributed by atoms with Crippen LogP contribution in [0.1, 0.15) is 11.1 Å². The molecule has 0 aromatic heterocycles. The predicted octanol–water partition coefficient (Wildman–Crippen LogP) is 1.43. The van der Waals surface area contributed by atoms with Crippen LogP contribution in [-0.4, -0.2) is 33.3 Å². The van der Waals surface area contributed by atoms with Crippen molar-refractivity contribution in [1.82, 2.24) is 0 Å². The van der Waals surface area contributed by atoms with E-state index in [2.05, 4.69) is 0 Å². The summed E-state index contributed by atoms with van der Waals surface area (Å²) in [6, 6.07) is 5.90. The maximum absolute atomic E-state index is 11.0. The number of sulfone groups is 1. The summed E-state index contributed by atoms with van der Waals surface area (Å²) in [6.07, 6.45) is 1.26. The lowest BCUT2D eigenvalue weighted by Crippen LogP contribution is -2.05. The van der Waals surface area contributed by atoms with Gasteiger partial charge in [0.1, 0.15) is 15.6 Å². The third-order valence-corrected chi connectivity index (χ3v) is 4.67. The fourth-order valence-electron chi connectivity index (χ4n) is 1.45. The summed E-state index contributed by atoms with van der Waals surface area (Å²) in [6.45, 7) is 0.449. The number of methoxy groups -OCH3 is 1. The molecule has 102 valence electrons. The maximum Gasteiger partial charge on any atom is 0.148 e. The lowest BCUT2D eigenvalue weighted by atomic mass is 10.1. The van der Waals surface area contributed by atoms with Crippen molar-refractivity contribution in [3.05, 3.63) is 29.3 Å². The van der Waals surface area contributed by atoms with E-state index in [4.69, 9.17) is 10.5 Å². The summed E-state index contributed by atoms with van der Waals surface area (Å²) in [7, 11) is -1.24. The number of thioether (sulfide) groups is 1. The molecule has 0 radical (unpaired) electrons. The van der Waals surface area contributed by atoms with Crippen LogP contribution in [0.2, 0.25) is 0 Å². The molecule has 18 heavy (non-hydrogen) atoms. The van der Waals surface area contributed by atoms with Gasteiger partial charge in [-0.1, -0.05) is 12.1 Å². The zero-order valence-corrected chi connectivity index (χ0v) is 12.3. The van der Waals surface area contributed by atoms with Crippen LogP contribution in [0.25, 0.3) is 0 Å². The molecule has 1 rings (SSSR count). The van der Waals surface area contributed by atoms with Gasteiger partial charge in [0, 0.05) is 29.9 Å². The number of benzene rings is 1. The molecule has 1 aromatic carbocycles. The van der Waals surface area contributed by atoms with E-state index in [9.17, 15) is 8.42 Å². The molecule has 6 heteroatoms. The van der Waals surface area contributed by atoms with Crippen LogP contribution in [0.5, 0.6) is 5.75 Å². The summed E-state index contributed by atoms with van der Waals surface area (Å²) < 4.78 is 27.2. The SMILES string of the molecule is COc1cc(CSCCS(C)(=O)=O)ccc1CN. The Hall–Kier alpha value is -0.720. The van der Waals surface area contributed by atoms with Crippen molar-refractivity contribution in [3.63, 3.8) is 0 Å². The molecule has 0 bridgehead atoms. The van der Waals surface area contributed by atoms with E-state index in [0.29, 0.717) is 12.3 Å². The van der Waals surface area contributed by atoms with Gasteiger partial charge in [0.15, 0.2) is 0 Å². The molecular weight excluding hydrogens is 270 g/mol. The first-order chi connectivity index (χ1) is 8.46. The Morgan fingerprint density at radius 3 is 2.67 bits per heavy atom. The minimum Gasteiger partial charge on any atom is -0.496 e. The van der Waals surface area contributed by atoms with Crippen molar-refractivity contribution in [2.75, 3.05) is 24.9 Å². The van der Waals surface area contributed by atoms with Crippen molar-refractivity contribution in [3.8, 4) is 5.75 Å². The maximum atomic E-state index is 11.0. The molecule has 0 spiro atoms. The van der Waals surface area contributed by atoms with Gasteiger partial charge in [0.25, 0.3) is 0 Å². The fraction of sp³-hybridized carbons (Fsp3) is 0.500. The third kappa shape index (κ3) is 5.29. The second-order valence-corrected chi connectivity index (χ2v) is 7.40. The highest BCUT2D eigenvalue weighted by Gasteiger charge is 2.05. The fourth-order valence-corrected chi connectivity index (χ4v) is 3.69. The van der Waals surface area contributed by atoms with Crippen LogP contribution in [0, 0.1) is 0 Å². The van der Waals surface area contributed by atoms with E-state index >= 15 is 0 Å². The van der Waals surface area contributed by atoms with Crippen molar-refractivity contribution in [2.24, 2.45) is 5.73 Å². The quantitative estimate of drug-likeness (QED) is 0.769. The van der Waals surface area contributed by atoms with Crippen molar-refractivity contribution in [2.45, 2.75) is 12.3 Å². The molecule has 0 aliphatic carbocycles. The molecule has 0 unspecified atom stereocenters. The standard InChI is InChI=1S/C12H19NO3S2/c1-16-12-7-10(3-4-11(12)8-13)9-17-5-6-18(2,14)15/h3-4,7H,5-6,8-9,13H2,1-2H3. The lowest BCUT2D eigenvalue weighted by Gasteiger charge is -2.09. The zero-order chi connectivity index (χ0) is 13.6. The summed E-state index contributed by atoms with van der Waals surface area (Å²) >= 11 is 1.60. The number of ether oxygens (including phenoxy) is 1. The minimum atomic E-state index is -2.86. The van der Waals surface area contributed by atoms with E-state index in [-0.39, 0.29) is 5.75 Å². The van der Waals surface area contributed by atoms with Gasteiger partial charge in [-0.2, -0.15) is 11.8 Å². The van der Waals surface area contributed by atoms with Crippen molar-refractivity contribution >= 4 is 21.6 Å². The van der Waals surface area contributed by atoms with E-state index in [1.54, 1.807) is 18.9 Å². The second kappa shape index (κ2) is 7.01. The lowest BCUT2D eigenvalue weighted by molar-refractivity contribution is 0.409. The summed E-state index contributed by atoms with van der Waals surface area (Å²) in [4.78, 5) is 0. The van der Waals surface area contributed by atoms with Crippen molar-refractivity contribution in [1.29, 1.82) is 0 Å². The Bertz CT molecular complexity index is 486. The number of hydrogen-bond acceptors (Lipinski definition) is 5. The smallest absolute Gasteiger partial charge is 0.148 e. The second-order valence-electron chi connectivity index (χ2n) is 4.03. The Balaban J connectivity index is 2.53. The average Bonchev–Trinajstić information content (AvgIpc) is 2.33. The van der Waals surface area contributed by atoms with E-state index < -0.39 is 9.84 Å². The molecular formula is C12H19NO3S2. The molecule has 0 saturated heterocycles. The van der Waals surface area contributed by atoms with Gasteiger partial charge in [-0.15, -0.1) is 0 Å². The third-order valence-electron chi connectivity index (χ3n) is 2.44. The molecule has 0 saturated carbocycles. The highest BCUT2D eigenvalue weighted by molar-refractivity contribution is 7.99. The Morgan fingerprint density at radius 2 is 2.11 bits per heavy atom. The summed E-state index contributed by atoms with van der Waals surface area (Å²) in [5, 5.41) is 0. The van der Waals surface area contributed by atoms with Gasteiger partial charge < -0.3 is 10.5 Å². The van der Waals surface area contributed by atoms with Gasteiger partial charge >= 0.3 is 0 Å². The first kappa shape index (κ1) is 15.3. The summed E-state index contributed by atoms with van der Waals surface area (Å²) in [5.41, 5.74) is 7.68. The monoisotopic (exact) mass is 289 g/mol. The first-order valence-electron chi connectivity index (χ1n) is 5.57. The topological polar surface area (TPSA) is 69.4 Å². The number of rotatable bonds is 7. The molecule has 0 fully saturated rings. The van der Waals surface area contributed by atoms with Crippen LogP contribution >= 0.6 is 11.8 Å². The largest absolute Gasteiger partial charge is 0.496 e. The minimum absolute atomic E-state index is 0.218. The van der Waals surface area contributed by atoms with E-state index in [0.717, 1.165) is 22.6 Å². The van der Waals surface area contributed by atoms with Gasteiger partial charge in [0.2, 0.25) is 0 Å². The molecule has 4 nitrogen and oxygen atoms in total. The zero-order valence-electron chi connectivity index (χ0n) is 10.7. The first-order valence-corrected chi connectivity index (χ1v) is 8.79. The van der Waals surface area contributed by atoms with Crippen molar-refractivity contribution < 1.29 is 13.2 Å². The Labute approximate surface area is 113 Å². The van der Waals surface area contributed by atoms with Gasteiger partial charge in [-0.05, 0) is 11.6 Å². The van der Waals surface area contributed by atoms with Gasteiger partial charge in [-0.3, -0.25) is 0 Å². The molecule has 0 amide bonds. The van der Waals surface area contributed by atoms with Crippen LogP contribution < -0.4 is 10.5 Å². The molecule has 0 aliphatic rings. The molecule has 1 aromatic rings. The van der Waals surface area contributed by atoms with Crippen LogP contribution in [0.15, 0.2) is 18.2 Å². The number of nitrogens with two attached hydrogens (primary N) is 1. The van der Waals surface area contributed by atoms with E-state index in [1.807, 2.05) is 18.2 Å². The molecule has 0 heterocycles. The Kier molecular flexibility index (Phi) is 5.98. The van der Waals surface area contributed by atoms with Crippen LogP contribution in [0.3, 0.4) is 0 Å². The Morgan fingerprint density at radius 1 is 1.39 bits per heavy atom. The van der Waals surface area contributed by atoms with Crippen LogP contribution in [0.4, 0.5) is 0 Å². The van der Waals surface area contributed by atoms with Crippen LogP contribution in [-0.2, 0) is 22.1 Å². The highest BCUT2D eigenvalue weighted by atomic mass is 32.2. The van der Waals surface area contributed by atoms with Gasteiger partial charge in [-0.25, -0.2) is 8.42 Å². The molecule has 0 atom stereocenters. The highest BCUT2D eigenvalue weighted by Crippen LogP contribution is 2.22. The predicted molar refractivity (Wildman–Crippen MR) is 76.8 cm³/mol. The molecule has 2 N–H and O–H groups in total. The summed E-state index contributed by atoms with van der Waals surface area (Å²) in [5.74, 6) is 2.39. The molecule has 0 aliphatic heterocycles. The average molecular weight is 289 g/mol.